The van der Waals surface area contributed by atoms with E-state index in [2.05, 4.69) is 12.1 Å². The van der Waals surface area contributed by atoms with E-state index in [4.69, 9.17) is 9.47 Å². The Balaban J connectivity index is 1.66. The molecule has 34 heavy (non-hydrogen) atoms. The third kappa shape index (κ3) is 3.87. The van der Waals surface area contributed by atoms with E-state index in [-0.39, 0.29) is 29.9 Å². The number of nitrogens with zero attached hydrogens (tertiary/aromatic N) is 1. The first-order valence-corrected chi connectivity index (χ1v) is 11.5. The molecule has 0 bridgehead atoms. The highest BCUT2D eigenvalue weighted by Crippen LogP contribution is 2.48. The molecule has 3 aromatic carbocycles. The zero-order valence-corrected chi connectivity index (χ0v) is 19.4. The Labute approximate surface area is 199 Å². The summed E-state index contributed by atoms with van der Waals surface area (Å²) >= 11 is 0. The molecule has 0 aromatic heterocycles. The molecule has 0 spiro atoms. The summed E-state index contributed by atoms with van der Waals surface area (Å²) in [4.78, 5) is 29.1. The highest BCUT2D eigenvalue weighted by Gasteiger charge is 2.43. The first kappa shape index (κ1) is 22.0. The van der Waals surface area contributed by atoms with Crippen molar-refractivity contribution >= 4 is 17.4 Å². The third-order valence-electron chi connectivity index (χ3n) is 6.85. The zero-order chi connectivity index (χ0) is 23.7. The summed E-state index contributed by atoms with van der Waals surface area (Å²) in [6, 6.07) is 25.2. The van der Waals surface area contributed by atoms with Gasteiger partial charge >= 0.3 is 0 Å². The predicted octanol–water partition coefficient (Wildman–Crippen LogP) is 5.63. The van der Waals surface area contributed by atoms with Crippen molar-refractivity contribution < 1.29 is 19.1 Å². The monoisotopic (exact) mass is 453 g/mol. The summed E-state index contributed by atoms with van der Waals surface area (Å²) in [5.74, 6) is 1.19. The smallest absolute Gasteiger partial charge is 0.232 e. The van der Waals surface area contributed by atoms with Gasteiger partial charge in [-0.3, -0.25) is 14.5 Å². The molecule has 1 aliphatic carbocycles. The van der Waals surface area contributed by atoms with Crippen LogP contribution < -0.4 is 14.4 Å². The molecule has 0 radical (unpaired) electrons. The number of rotatable bonds is 5. The van der Waals surface area contributed by atoms with Gasteiger partial charge in [0.05, 0.1) is 14.2 Å². The molecule has 1 amide bonds. The van der Waals surface area contributed by atoms with E-state index in [1.807, 2.05) is 66.7 Å². The van der Waals surface area contributed by atoms with E-state index < -0.39 is 0 Å². The molecule has 172 valence electrons. The van der Waals surface area contributed by atoms with Crippen LogP contribution in [0.15, 0.2) is 90.1 Å². The fraction of sp³-hybridized carbons (Fsp3) is 0.241. The number of hydrogen-bond donors (Lipinski definition) is 0. The normalized spacial score (nSPS) is 20.2. The van der Waals surface area contributed by atoms with Gasteiger partial charge in [-0.15, -0.1) is 0 Å². The van der Waals surface area contributed by atoms with Crippen molar-refractivity contribution in [3.05, 3.63) is 101 Å². The first-order valence-electron chi connectivity index (χ1n) is 11.5. The molecule has 5 nitrogen and oxygen atoms in total. The van der Waals surface area contributed by atoms with Gasteiger partial charge in [0, 0.05) is 41.3 Å². The summed E-state index contributed by atoms with van der Waals surface area (Å²) in [6.07, 6.45) is 1.26. The summed E-state index contributed by atoms with van der Waals surface area (Å²) < 4.78 is 10.9. The van der Waals surface area contributed by atoms with Crippen molar-refractivity contribution in [3.8, 4) is 11.5 Å². The quantitative estimate of drug-likeness (QED) is 0.503. The van der Waals surface area contributed by atoms with Gasteiger partial charge in [-0.05, 0) is 48.2 Å². The van der Waals surface area contributed by atoms with Crippen molar-refractivity contribution in [1.82, 2.24) is 0 Å². The van der Waals surface area contributed by atoms with Crippen LogP contribution in [0.2, 0.25) is 0 Å². The number of ketones is 1. The molecule has 0 saturated heterocycles. The van der Waals surface area contributed by atoms with Gasteiger partial charge in [0.2, 0.25) is 5.91 Å². The van der Waals surface area contributed by atoms with Crippen molar-refractivity contribution in [2.24, 2.45) is 0 Å². The molecule has 1 aliphatic heterocycles. The van der Waals surface area contributed by atoms with Crippen molar-refractivity contribution in [2.45, 2.75) is 31.1 Å². The Morgan fingerprint density at radius 1 is 0.765 bits per heavy atom. The van der Waals surface area contributed by atoms with Crippen LogP contribution in [-0.4, -0.2) is 25.9 Å². The van der Waals surface area contributed by atoms with Crippen LogP contribution in [0.5, 0.6) is 11.5 Å². The number of methoxy groups -OCH3 is 2. The Morgan fingerprint density at radius 2 is 1.47 bits per heavy atom. The zero-order valence-electron chi connectivity index (χ0n) is 19.4. The summed E-state index contributed by atoms with van der Waals surface area (Å²) in [5.41, 5.74) is 4.27. The molecule has 5 heteroatoms. The van der Waals surface area contributed by atoms with E-state index in [0.717, 1.165) is 33.8 Å². The lowest BCUT2D eigenvalue weighted by molar-refractivity contribution is -0.120. The molecule has 5 rings (SSSR count). The SMILES string of the molecule is COc1ccc(N2C(=O)CC(c3ccccc3OC)C3=C2CC(c2ccccc2)CC3=O)cc1. The number of amides is 1. The van der Waals surface area contributed by atoms with E-state index in [0.29, 0.717) is 18.6 Å². The summed E-state index contributed by atoms with van der Waals surface area (Å²) in [5, 5.41) is 0. The molecule has 0 N–H and O–H groups in total. The van der Waals surface area contributed by atoms with Crippen LogP contribution in [0.25, 0.3) is 0 Å². The number of allylic oxidation sites excluding steroid dienone is 2. The average Bonchev–Trinajstić information content (AvgIpc) is 2.88. The lowest BCUT2D eigenvalue weighted by Gasteiger charge is -2.40. The van der Waals surface area contributed by atoms with Gasteiger partial charge in [-0.1, -0.05) is 48.5 Å². The summed E-state index contributed by atoms with van der Waals surface area (Å²) in [7, 11) is 3.24. The second-order valence-corrected chi connectivity index (χ2v) is 8.73. The number of ether oxygens (including phenoxy) is 2. The maximum absolute atomic E-state index is 13.7. The molecule has 2 atom stereocenters. The third-order valence-corrected chi connectivity index (χ3v) is 6.85. The van der Waals surface area contributed by atoms with Crippen LogP contribution in [0.3, 0.4) is 0 Å². The van der Waals surface area contributed by atoms with Crippen LogP contribution in [0.1, 0.15) is 42.2 Å². The first-order chi connectivity index (χ1) is 16.6. The van der Waals surface area contributed by atoms with E-state index in [9.17, 15) is 9.59 Å². The Bertz CT molecular complexity index is 1250. The molecule has 3 aromatic rings. The van der Waals surface area contributed by atoms with Crippen LogP contribution >= 0.6 is 0 Å². The van der Waals surface area contributed by atoms with Crippen molar-refractivity contribution in [3.63, 3.8) is 0 Å². The lowest BCUT2D eigenvalue weighted by Crippen LogP contribution is -2.41. The molecular weight excluding hydrogens is 426 g/mol. The van der Waals surface area contributed by atoms with E-state index in [1.165, 1.54) is 0 Å². The van der Waals surface area contributed by atoms with Crippen LogP contribution in [0.4, 0.5) is 5.69 Å². The minimum atomic E-state index is -0.322. The van der Waals surface area contributed by atoms with Gasteiger partial charge in [-0.2, -0.15) is 0 Å². The Morgan fingerprint density at radius 3 is 2.18 bits per heavy atom. The number of hydrogen-bond acceptors (Lipinski definition) is 4. The van der Waals surface area contributed by atoms with Gasteiger partial charge in [0.25, 0.3) is 0 Å². The fourth-order valence-electron chi connectivity index (χ4n) is 5.25. The van der Waals surface area contributed by atoms with Gasteiger partial charge in [0.15, 0.2) is 5.78 Å². The topological polar surface area (TPSA) is 55.8 Å². The number of carbonyl (C=O) groups excluding carboxylic acids is 2. The molecule has 0 saturated carbocycles. The highest BCUT2D eigenvalue weighted by atomic mass is 16.5. The largest absolute Gasteiger partial charge is 0.497 e. The number of carbonyl (C=O) groups is 2. The molecule has 0 fully saturated rings. The molecule has 1 heterocycles. The average molecular weight is 454 g/mol. The maximum Gasteiger partial charge on any atom is 0.232 e. The van der Waals surface area contributed by atoms with E-state index >= 15 is 0 Å². The van der Waals surface area contributed by atoms with Crippen molar-refractivity contribution in [2.75, 3.05) is 19.1 Å². The Kier molecular flexibility index (Phi) is 5.93. The minimum absolute atomic E-state index is 0.0254. The van der Waals surface area contributed by atoms with Crippen molar-refractivity contribution in [1.29, 1.82) is 0 Å². The van der Waals surface area contributed by atoms with Crippen LogP contribution in [-0.2, 0) is 9.59 Å². The van der Waals surface area contributed by atoms with Crippen LogP contribution in [0, 0.1) is 0 Å². The van der Waals surface area contributed by atoms with E-state index in [1.54, 1.807) is 19.1 Å². The fourth-order valence-corrected chi connectivity index (χ4v) is 5.25. The standard InChI is InChI=1S/C29H27NO4/c1-33-22-14-12-21(13-15-22)30-25-16-20(19-8-4-3-5-9-19)17-26(31)29(25)24(18-28(30)32)23-10-6-7-11-27(23)34-2/h3-15,20,24H,16-18H2,1-2H3. The Hall–Kier alpha value is -3.86. The number of para-hydroxylation sites is 1. The van der Waals surface area contributed by atoms with Gasteiger partial charge < -0.3 is 9.47 Å². The molecule has 2 aliphatic rings. The number of benzene rings is 3. The predicted molar refractivity (Wildman–Crippen MR) is 131 cm³/mol. The molecular formula is C29H27NO4. The minimum Gasteiger partial charge on any atom is -0.497 e. The highest BCUT2D eigenvalue weighted by molar-refractivity contribution is 6.08. The van der Waals surface area contributed by atoms with Gasteiger partial charge in [-0.25, -0.2) is 0 Å². The summed E-state index contributed by atoms with van der Waals surface area (Å²) in [6.45, 7) is 0. The number of Topliss-reactive ketones (excluding diaryl/α,β-unsaturated/α-hetero) is 1. The van der Waals surface area contributed by atoms with Gasteiger partial charge in [0.1, 0.15) is 11.5 Å². The maximum atomic E-state index is 13.7. The second-order valence-electron chi connectivity index (χ2n) is 8.73. The second kappa shape index (κ2) is 9.18. The lowest BCUT2D eigenvalue weighted by atomic mass is 9.72. The molecule has 2 unspecified atom stereocenters. The number of anilines is 1.